The Balaban J connectivity index is 1.72. The van der Waals surface area contributed by atoms with Crippen molar-refractivity contribution in [3.05, 3.63) is 35.6 Å². The first-order valence-corrected chi connectivity index (χ1v) is 7.44. The van der Waals surface area contributed by atoms with Gasteiger partial charge >= 0.3 is 0 Å². The van der Waals surface area contributed by atoms with E-state index < -0.39 is 0 Å². The zero-order chi connectivity index (χ0) is 14.9. The second kappa shape index (κ2) is 5.73. The van der Waals surface area contributed by atoms with Crippen LogP contribution in [0.15, 0.2) is 24.3 Å². The van der Waals surface area contributed by atoms with E-state index in [1.807, 2.05) is 6.07 Å². The Morgan fingerprint density at radius 3 is 3.10 bits per heavy atom. The predicted molar refractivity (Wildman–Crippen MR) is 77.2 cm³/mol. The number of benzene rings is 1. The first-order valence-electron chi connectivity index (χ1n) is 7.44. The van der Waals surface area contributed by atoms with Crippen molar-refractivity contribution in [2.24, 2.45) is 5.92 Å². The summed E-state index contributed by atoms with van der Waals surface area (Å²) in [4.78, 5) is 13.9. The highest BCUT2D eigenvalue weighted by molar-refractivity contribution is 5.78. The van der Waals surface area contributed by atoms with Crippen molar-refractivity contribution in [2.75, 3.05) is 26.2 Å². The van der Waals surface area contributed by atoms with Crippen molar-refractivity contribution in [3.63, 3.8) is 0 Å². The number of morpholine rings is 1. The number of nitrogens with zero attached hydrogens (tertiary/aromatic N) is 1. The largest absolute Gasteiger partial charge is 0.363 e. The van der Waals surface area contributed by atoms with Crippen LogP contribution in [0, 0.1) is 11.7 Å². The smallest absolute Gasteiger partial charge is 0.248 e. The van der Waals surface area contributed by atoms with Gasteiger partial charge in [-0.25, -0.2) is 4.39 Å². The molecule has 2 unspecified atom stereocenters. The molecule has 0 aliphatic carbocycles. The number of rotatable bonds is 3. The molecule has 3 rings (SSSR count). The summed E-state index contributed by atoms with van der Waals surface area (Å²) in [6.45, 7) is 5.13. The predicted octanol–water partition coefficient (Wildman–Crippen LogP) is 1.55. The molecule has 1 N–H and O–H groups in total. The zero-order valence-corrected chi connectivity index (χ0v) is 12.3. The topological polar surface area (TPSA) is 41.6 Å². The number of amides is 1. The molecular formula is C16H21FN2O2. The standard InChI is InChI=1S/C16H21FN2O2/c1-16(13-5-6-18-8-13)11-19(15(20)10-21-16)9-12-3-2-4-14(17)7-12/h2-4,7,13,18H,5-6,8-11H2,1H3. The summed E-state index contributed by atoms with van der Waals surface area (Å²) >= 11 is 0. The molecule has 5 heteroatoms. The van der Waals surface area contributed by atoms with E-state index in [1.165, 1.54) is 12.1 Å². The van der Waals surface area contributed by atoms with Crippen molar-refractivity contribution in [3.8, 4) is 0 Å². The fourth-order valence-electron chi connectivity index (χ4n) is 3.25. The normalized spacial score (nSPS) is 29.9. The van der Waals surface area contributed by atoms with Gasteiger partial charge in [0.15, 0.2) is 0 Å². The van der Waals surface area contributed by atoms with E-state index in [9.17, 15) is 9.18 Å². The molecule has 0 bridgehead atoms. The van der Waals surface area contributed by atoms with Crippen LogP contribution < -0.4 is 5.32 Å². The summed E-state index contributed by atoms with van der Waals surface area (Å²) in [5.74, 6) is 0.124. The van der Waals surface area contributed by atoms with E-state index in [-0.39, 0.29) is 23.9 Å². The summed E-state index contributed by atoms with van der Waals surface area (Å²) in [7, 11) is 0. The second-order valence-corrected chi connectivity index (χ2v) is 6.17. The molecule has 0 radical (unpaired) electrons. The molecule has 114 valence electrons. The van der Waals surface area contributed by atoms with Gasteiger partial charge in [-0.3, -0.25) is 4.79 Å². The lowest BCUT2D eigenvalue weighted by Crippen LogP contribution is -2.56. The maximum absolute atomic E-state index is 13.3. The maximum atomic E-state index is 13.3. The lowest BCUT2D eigenvalue weighted by Gasteiger charge is -2.43. The third-order valence-corrected chi connectivity index (χ3v) is 4.57. The van der Waals surface area contributed by atoms with Gasteiger partial charge in [-0.15, -0.1) is 0 Å². The summed E-state index contributed by atoms with van der Waals surface area (Å²) in [5.41, 5.74) is 0.502. The second-order valence-electron chi connectivity index (χ2n) is 6.17. The van der Waals surface area contributed by atoms with Crippen molar-refractivity contribution < 1.29 is 13.9 Å². The SMILES string of the molecule is CC1(C2CCNC2)CN(Cc2cccc(F)c2)C(=O)CO1. The van der Waals surface area contributed by atoms with Gasteiger partial charge in [0, 0.05) is 19.0 Å². The van der Waals surface area contributed by atoms with Crippen LogP contribution in [-0.2, 0) is 16.1 Å². The Morgan fingerprint density at radius 1 is 1.52 bits per heavy atom. The van der Waals surface area contributed by atoms with Gasteiger partial charge in [0.05, 0.1) is 12.1 Å². The molecule has 2 atom stereocenters. The fourth-order valence-corrected chi connectivity index (χ4v) is 3.25. The number of ether oxygens (including phenoxy) is 1. The molecular weight excluding hydrogens is 271 g/mol. The monoisotopic (exact) mass is 292 g/mol. The van der Waals surface area contributed by atoms with E-state index >= 15 is 0 Å². The minimum absolute atomic E-state index is 0.0253. The van der Waals surface area contributed by atoms with Crippen molar-refractivity contribution >= 4 is 5.91 Å². The molecule has 0 saturated carbocycles. The summed E-state index contributed by atoms with van der Waals surface area (Å²) in [5, 5.41) is 3.35. The molecule has 2 saturated heterocycles. The van der Waals surface area contributed by atoms with Crippen molar-refractivity contribution in [2.45, 2.75) is 25.5 Å². The molecule has 2 aliphatic rings. The Kier molecular flexibility index (Phi) is 3.95. The minimum Gasteiger partial charge on any atom is -0.363 e. The average Bonchev–Trinajstić information content (AvgIpc) is 2.98. The van der Waals surface area contributed by atoms with Crippen molar-refractivity contribution in [1.29, 1.82) is 0 Å². The number of hydrogen-bond donors (Lipinski definition) is 1. The lowest BCUT2D eigenvalue weighted by atomic mass is 9.86. The molecule has 4 nitrogen and oxygen atoms in total. The number of nitrogens with one attached hydrogen (secondary N) is 1. The fraction of sp³-hybridized carbons (Fsp3) is 0.562. The molecule has 0 spiro atoms. The van der Waals surface area contributed by atoms with Gasteiger partial charge in [-0.05, 0) is 37.6 Å². The highest BCUT2D eigenvalue weighted by Gasteiger charge is 2.43. The number of carbonyl (C=O) groups is 1. The van der Waals surface area contributed by atoms with Gasteiger partial charge in [0.2, 0.25) is 5.91 Å². The van der Waals surface area contributed by atoms with Crippen LogP contribution in [0.1, 0.15) is 18.9 Å². The first-order chi connectivity index (χ1) is 10.1. The molecule has 21 heavy (non-hydrogen) atoms. The van der Waals surface area contributed by atoms with Crippen LogP contribution in [0.25, 0.3) is 0 Å². The number of carbonyl (C=O) groups excluding carboxylic acids is 1. The summed E-state index contributed by atoms with van der Waals surface area (Å²) < 4.78 is 19.1. The highest BCUT2D eigenvalue weighted by Crippen LogP contribution is 2.31. The minimum atomic E-state index is -0.315. The quantitative estimate of drug-likeness (QED) is 0.919. The maximum Gasteiger partial charge on any atom is 0.248 e. The highest BCUT2D eigenvalue weighted by atomic mass is 19.1. The van der Waals surface area contributed by atoms with Crippen LogP contribution in [-0.4, -0.2) is 42.6 Å². The van der Waals surface area contributed by atoms with E-state index in [0.29, 0.717) is 19.0 Å². The van der Waals surface area contributed by atoms with Crippen LogP contribution >= 0.6 is 0 Å². The third kappa shape index (κ3) is 3.09. The number of halogens is 1. The third-order valence-electron chi connectivity index (χ3n) is 4.57. The van der Waals surface area contributed by atoms with E-state index in [2.05, 4.69) is 12.2 Å². The Morgan fingerprint density at radius 2 is 2.38 bits per heavy atom. The Labute approximate surface area is 124 Å². The molecule has 1 aromatic rings. The van der Waals surface area contributed by atoms with E-state index in [1.54, 1.807) is 11.0 Å². The first kappa shape index (κ1) is 14.5. The zero-order valence-electron chi connectivity index (χ0n) is 12.3. The van der Waals surface area contributed by atoms with Gasteiger partial charge in [-0.1, -0.05) is 12.1 Å². The van der Waals surface area contributed by atoms with Gasteiger partial charge < -0.3 is 15.0 Å². The Hall–Kier alpha value is -1.46. The summed E-state index contributed by atoms with van der Waals surface area (Å²) in [6.07, 6.45) is 1.07. The van der Waals surface area contributed by atoms with Gasteiger partial charge in [-0.2, -0.15) is 0 Å². The lowest BCUT2D eigenvalue weighted by molar-refractivity contribution is -0.169. The van der Waals surface area contributed by atoms with Crippen molar-refractivity contribution in [1.82, 2.24) is 10.2 Å². The van der Waals surface area contributed by atoms with Crippen LogP contribution in [0.4, 0.5) is 4.39 Å². The Bertz CT molecular complexity index is 531. The molecule has 2 fully saturated rings. The van der Waals surface area contributed by atoms with E-state index in [0.717, 1.165) is 25.1 Å². The molecule has 2 heterocycles. The molecule has 0 aromatic heterocycles. The van der Waals surface area contributed by atoms with Crippen LogP contribution in [0.2, 0.25) is 0 Å². The molecule has 1 aromatic carbocycles. The average molecular weight is 292 g/mol. The molecule has 2 aliphatic heterocycles. The van der Waals surface area contributed by atoms with Crippen LogP contribution in [0.3, 0.4) is 0 Å². The van der Waals surface area contributed by atoms with E-state index in [4.69, 9.17) is 4.74 Å². The summed E-state index contributed by atoms with van der Waals surface area (Å²) in [6, 6.07) is 6.42. The van der Waals surface area contributed by atoms with Crippen LogP contribution in [0.5, 0.6) is 0 Å². The molecule has 1 amide bonds. The van der Waals surface area contributed by atoms with Gasteiger partial charge in [0.25, 0.3) is 0 Å². The van der Waals surface area contributed by atoms with Gasteiger partial charge in [0.1, 0.15) is 12.4 Å². The number of hydrogen-bond acceptors (Lipinski definition) is 3.